The summed E-state index contributed by atoms with van der Waals surface area (Å²) in [6.45, 7) is 6.82. The van der Waals surface area contributed by atoms with Crippen molar-refractivity contribution in [1.82, 2.24) is 10.3 Å². The molecule has 0 aliphatic carbocycles. The minimum Gasteiger partial charge on any atom is -0.396 e. The maximum Gasteiger partial charge on any atom is 0.253 e. The van der Waals surface area contributed by atoms with Crippen LogP contribution in [0.25, 0.3) is 10.9 Å². The highest BCUT2D eigenvalue weighted by Gasteiger charge is 2.14. The first kappa shape index (κ1) is 14.6. The average Bonchev–Trinajstić information content (AvgIpc) is 2.72. The molecule has 4 nitrogen and oxygen atoms in total. The molecule has 1 atom stereocenters. The Kier molecular flexibility index (Phi) is 4.45. The molecule has 1 heterocycles. The fraction of sp³-hybridized carbons (Fsp3) is 0.438. The van der Waals surface area contributed by atoms with Crippen LogP contribution >= 0.6 is 0 Å². The van der Waals surface area contributed by atoms with Gasteiger partial charge in [0.05, 0.1) is 11.1 Å². The highest BCUT2D eigenvalue weighted by Crippen LogP contribution is 2.24. The van der Waals surface area contributed by atoms with E-state index in [1.54, 1.807) is 0 Å². The van der Waals surface area contributed by atoms with Gasteiger partial charge >= 0.3 is 0 Å². The molecule has 108 valence electrons. The van der Waals surface area contributed by atoms with Gasteiger partial charge in [0.1, 0.15) is 0 Å². The van der Waals surface area contributed by atoms with E-state index in [4.69, 9.17) is 5.11 Å². The first-order valence-electron chi connectivity index (χ1n) is 7.01. The van der Waals surface area contributed by atoms with Crippen molar-refractivity contribution in [2.45, 2.75) is 27.2 Å². The van der Waals surface area contributed by atoms with Gasteiger partial charge in [0, 0.05) is 24.2 Å². The summed E-state index contributed by atoms with van der Waals surface area (Å²) >= 11 is 0. The predicted molar refractivity (Wildman–Crippen MR) is 81.0 cm³/mol. The van der Waals surface area contributed by atoms with E-state index >= 15 is 0 Å². The summed E-state index contributed by atoms with van der Waals surface area (Å²) < 4.78 is 0. The molecule has 0 spiro atoms. The number of benzene rings is 1. The number of hydrogen-bond acceptors (Lipinski definition) is 2. The summed E-state index contributed by atoms with van der Waals surface area (Å²) in [5.74, 6) is 0.205. The van der Waals surface area contributed by atoms with Crippen molar-refractivity contribution in [3.8, 4) is 0 Å². The zero-order valence-corrected chi connectivity index (χ0v) is 12.3. The first-order valence-corrected chi connectivity index (χ1v) is 7.01. The Morgan fingerprint density at radius 1 is 1.40 bits per heavy atom. The van der Waals surface area contributed by atoms with Crippen molar-refractivity contribution in [1.29, 1.82) is 0 Å². The number of hydrogen-bond donors (Lipinski definition) is 3. The smallest absolute Gasteiger partial charge is 0.253 e. The Morgan fingerprint density at radius 3 is 2.85 bits per heavy atom. The molecule has 1 aromatic carbocycles. The van der Waals surface area contributed by atoms with Gasteiger partial charge in [0.2, 0.25) is 0 Å². The van der Waals surface area contributed by atoms with Gasteiger partial charge in [-0.1, -0.05) is 19.1 Å². The monoisotopic (exact) mass is 274 g/mol. The van der Waals surface area contributed by atoms with Gasteiger partial charge in [-0.05, 0) is 37.8 Å². The van der Waals surface area contributed by atoms with E-state index in [0.29, 0.717) is 18.5 Å². The second-order valence-electron chi connectivity index (χ2n) is 5.43. The number of rotatable bonds is 5. The molecular weight excluding hydrogens is 252 g/mol. The van der Waals surface area contributed by atoms with Crippen LogP contribution in [0.3, 0.4) is 0 Å². The summed E-state index contributed by atoms with van der Waals surface area (Å²) in [5, 5.41) is 12.9. The van der Waals surface area contributed by atoms with E-state index in [9.17, 15) is 4.79 Å². The topological polar surface area (TPSA) is 65.1 Å². The van der Waals surface area contributed by atoms with E-state index in [1.807, 2.05) is 32.0 Å². The molecule has 0 bridgehead atoms. The molecule has 3 N–H and O–H groups in total. The lowest BCUT2D eigenvalue weighted by molar-refractivity contribution is 0.0947. The van der Waals surface area contributed by atoms with Crippen molar-refractivity contribution >= 4 is 16.8 Å². The van der Waals surface area contributed by atoms with E-state index in [0.717, 1.165) is 16.6 Å². The summed E-state index contributed by atoms with van der Waals surface area (Å²) in [6.07, 6.45) is 0.700. The molecule has 1 aromatic heterocycles. The van der Waals surface area contributed by atoms with Crippen LogP contribution in [0.5, 0.6) is 0 Å². The largest absolute Gasteiger partial charge is 0.396 e. The molecule has 4 heteroatoms. The van der Waals surface area contributed by atoms with Gasteiger partial charge in [0.15, 0.2) is 0 Å². The first-order chi connectivity index (χ1) is 9.54. The molecule has 20 heavy (non-hydrogen) atoms. The number of fused-ring (bicyclic) bond motifs is 1. The van der Waals surface area contributed by atoms with E-state index < -0.39 is 0 Å². The van der Waals surface area contributed by atoms with Gasteiger partial charge in [0.25, 0.3) is 5.91 Å². The number of aromatic nitrogens is 1. The number of carbonyl (C=O) groups excluding carboxylic acids is 1. The van der Waals surface area contributed by atoms with Crippen LogP contribution in [0.1, 0.15) is 35.0 Å². The number of aliphatic hydroxyl groups is 1. The standard InChI is InChI=1S/C16H22N2O2/c1-10(7-8-19)9-17-16(20)14-6-4-5-13-11(2)12(3)18-15(13)14/h4-6,10,18-19H,7-9H2,1-3H3,(H,17,20). The molecule has 0 saturated heterocycles. The Bertz CT molecular complexity index is 616. The van der Waals surface area contributed by atoms with Crippen molar-refractivity contribution in [3.05, 3.63) is 35.0 Å². The molecule has 0 radical (unpaired) electrons. The Balaban J connectivity index is 2.20. The molecule has 0 fully saturated rings. The van der Waals surface area contributed by atoms with Gasteiger partial charge in [-0.2, -0.15) is 0 Å². The van der Waals surface area contributed by atoms with Crippen LogP contribution in [0.15, 0.2) is 18.2 Å². The third kappa shape index (κ3) is 2.85. The summed E-state index contributed by atoms with van der Waals surface area (Å²) in [6, 6.07) is 5.78. The molecule has 1 unspecified atom stereocenters. The quantitative estimate of drug-likeness (QED) is 0.784. The molecule has 0 aliphatic heterocycles. The minimum absolute atomic E-state index is 0.0679. The zero-order chi connectivity index (χ0) is 14.7. The number of carbonyl (C=O) groups is 1. The number of aromatic amines is 1. The maximum atomic E-state index is 12.3. The van der Waals surface area contributed by atoms with Gasteiger partial charge in [-0.25, -0.2) is 0 Å². The fourth-order valence-electron chi connectivity index (χ4n) is 2.36. The Labute approximate surface area is 119 Å². The van der Waals surface area contributed by atoms with Gasteiger partial charge in [-0.15, -0.1) is 0 Å². The van der Waals surface area contributed by atoms with Crippen LogP contribution in [-0.4, -0.2) is 29.1 Å². The number of amides is 1. The normalized spacial score (nSPS) is 12.6. The zero-order valence-electron chi connectivity index (χ0n) is 12.3. The number of aliphatic hydroxyl groups excluding tert-OH is 1. The van der Waals surface area contributed by atoms with Crippen LogP contribution in [-0.2, 0) is 0 Å². The molecule has 0 aliphatic rings. The maximum absolute atomic E-state index is 12.3. The Hall–Kier alpha value is -1.81. The SMILES string of the molecule is Cc1[nH]c2c(C(=O)NCC(C)CCO)cccc2c1C. The van der Waals surface area contributed by atoms with Crippen molar-refractivity contribution < 1.29 is 9.90 Å². The number of H-pyrrole nitrogens is 1. The molecule has 0 saturated carbocycles. The van der Waals surface area contributed by atoms with Crippen molar-refractivity contribution in [2.75, 3.05) is 13.2 Å². The van der Waals surface area contributed by atoms with Crippen molar-refractivity contribution in [3.63, 3.8) is 0 Å². The summed E-state index contributed by atoms with van der Waals surface area (Å²) in [4.78, 5) is 15.6. The average molecular weight is 274 g/mol. The highest BCUT2D eigenvalue weighted by molar-refractivity contribution is 6.06. The fourth-order valence-corrected chi connectivity index (χ4v) is 2.36. The second-order valence-corrected chi connectivity index (χ2v) is 5.43. The molecule has 2 rings (SSSR count). The molecule has 1 amide bonds. The lowest BCUT2D eigenvalue weighted by Gasteiger charge is -2.11. The summed E-state index contributed by atoms with van der Waals surface area (Å²) in [7, 11) is 0. The number of para-hydroxylation sites is 1. The van der Waals surface area contributed by atoms with Crippen LogP contribution in [0, 0.1) is 19.8 Å². The number of nitrogens with one attached hydrogen (secondary N) is 2. The van der Waals surface area contributed by atoms with Gasteiger partial charge in [-0.3, -0.25) is 4.79 Å². The molecule has 2 aromatic rings. The van der Waals surface area contributed by atoms with Crippen molar-refractivity contribution in [2.24, 2.45) is 5.92 Å². The molecular formula is C16H22N2O2. The third-order valence-corrected chi connectivity index (χ3v) is 3.82. The minimum atomic E-state index is -0.0679. The second kappa shape index (κ2) is 6.09. The lowest BCUT2D eigenvalue weighted by atomic mass is 10.1. The number of aryl methyl sites for hydroxylation is 2. The Morgan fingerprint density at radius 2 is 2.15 bits per heavy atom. The third-order valence-electron chi connectivity index (χ3n) is 3.82. The van der Waals surface area contributed by atoms with E-state index in [2.05, 4.69) is 17.2 Å². The van der Waals surface area contributed by atoms with Crippen LogP contribution in [0.2, 0.25) is 0 Å². The highest BCUT2D eigenvalue weighted by atomic mass is 16.3. The van der Waals surface area contributed by atoms with Crippen LogP contribution in [0.4, 0.5) is 0 Å². The van der Waals surface area contributed by atoms with Crippen LogP contribution < -0.4 is 5.32 Å². The summed E-state index contributed by atoms with van der Waals surface area (Å²) in [5.41, 5.74) is 3.85. The van der Waals surface area contributed by atoms with E-state index in [-0.39, 0.29) is 18.4 Å². The predicted octanol–water partition coefficient (Wildman–Crippen LogP) is 2.53. The van der Waals surface area contributed by atoms with Gasteiger partial charge < -0.3 is 15.4 Å². The van der Waals surface area contributed by atoms with E-state index in [1.165, 1.54) is 5.56 Å². The lowest BCUT2D eigenvalue weighted by Crippen LogP contribution is -2.28.